The van der Waals surface area contributed by atoms with Crippen molar-refractivity contribution in [2.45, 2.75) is 31.6 Å². The molecule has 1 aliphatic carbocycles. The molecule has 1 heterocycles. The molecule has 2 N–H and O–H groups in total. The summed E-state index contributed by atoms with van der Waals surface area (Å²) < 4.78 is 7.16. The number of aromatic nitrogens is 2. The molecule has 0 unspecified atom stereocenters. The summed E-state index contributed by atoms with van der Waals surface area (Å²) in [6.45, 7) is 0. The predicted octanol–water partition coefficient (Wildman–Crippen LogP) is 3.12. The van der Waals surface area contributed by atoms with Crippen LogP contribution in [0.15, 0.2) is 30.3 Å². The Morgan fingerprint density at radius 3 is 2.74 bits per heavy atom. The van der Waals surface area contributed by atoms with E-state index in [0.29, 0.717) is 11.7 Å². The monoisotopic (exact) mass is 257 g/mol. The smallest absolute Gasteiger partial charge is 0.144 e. The van der Waals surface area contributed by atoms with Gasteiger partial charge in [-0.2, -0.15) is 5.10 Å². The van der Waals surface area contributed by atoms with Crippen LogP contribution in [-0.4, -0.2) is 16.9 Å². The summed E-state index contributed by atoms with van der Waals surface area (Å²) in [5, 5.41) is 4.68. The number of hydrogen-bond donors (Lipinski definition) is 1. The van der Waals surface area contributed by atoms with Crippen LogP contribution in [0.25, 0.3) is 5.69 Å². The molecule has 0 spiro atoms. The van der Waals surface area contributed by atoms with E-state index in [1.54, 1.807) is 11.8 Å². The van der Waals surface area contributed by atoms with Crippen molar-refractivity contribution >= 4 is 5.82 Å². The number of nitrogens with zero attached hydrogens (tertiary/aromatic N) is 2. The first kappa shape index (κ1) is 12.1. The third kappa shape index (κ3) is 2.18. The third-order valence-electron chi connectivity index (χ3n) is 3.84. The van der Waals surface area contributed by atoms with Crippen LogP contribution in [0.3, 0.4) is 0 Å². The Bertz CT molecular complexity index is 571. The minimum absolute atomic E-state index is 0.568. The van der Waals surface area contributed by atoms with Crippen LogP contribution < -0.4 is 10.5 Å². The lowest BCUT2D eigenvalue weighted by atomic mass is 10.1. The molecule has 1 fully saturated rings. The number of hydrogen-bond acceptors (Lipinski definition) is 3. The molecule has 19 heavy (non-hydrogen) atoms. The first-order valence-electron chi connectivity index (χ1n) is 6.78. The lowest BCUT2D eigenvalue weighted by Gasteiger charge is -2.09. The number of para-hydroxylation sites is 2. The van der Waals surface area contributed by atoms with Gasteiger partial charge in [-0.1, -0.05) is 25.0 Å². The molecule has 0 radical (unpaired) electrons. The average molecular weight is 257 g/mol. The van der Waals surface area contributed by atoms with Crippen molar-refractivity contribution in [2.24, 2.45) is 0 Å². The molecule has 4 nitrogen and oxygen atoms in total. The van der Waals surface area contributed by atoms with Gasteiger partial charge in [-0.25, -0.2) is 4.68 Å². The van der Waals surface area contributed by atoms with Gasteiger partial charge in [0.1, 0.15) is 17.3 Å². The maximum absolute atomic E-state index is 6.11. The second kappa shape index (κ2) is 4.96. The van der Waals surface area contributed by atoms with Crippen LogP contribution in [0.5, 0.6) is 5.75 Å². The molecule has 2 aromatic rings. The second-order valence-corrected chi connectivity index (χ2v) is 5.06. The van der Waals surface area contributed by atoms with Crippen LogP contribution >= 0.6 is 0 Å². The Balaban J connectivity index is 2.00. The van der Waals surface area contributed by atoms with Crippen LogP contribution in [0.4, 0.5) is 5.82 Å². The molecule has 3 rings (SSSR count). The maximum Gasteiger partial charge on any atom is 0.144 e. The number of rotatable bonds is 3. The summed E-state index contributed by atoms with van der Waals surface area (Å²) >= 11 is 0. The fraction of sp³-hybridized carbons (Fsp3) is 0.400. The van der Waals surface area contributed by atoms with Gasteiger partial charge in [-0.3, -0.25) is 0 Å². The van der Waals surface area contributed by atoms with E-state index in [1.165, 1.54) is 25.7 Å². The van der Waals surface area contributed by atoms with Gasteiger partial charge < -0.3 is 10.5 Å². The van der Waals surface area contributed by atoms with Crippen molar-refractivity contribution in [1.82, 2.24) is 9.78 Å². The highest BCUT2D eigenvalue weighted by atomic mass is 16.5. The largest absolute Gasteiger partial charge is 0.494 e. The Labute approximate surface area is 113 Å². The molecule has 1 aromatic carbocycles. The van der Waals surface area contributed by atoms with Crippen molar-refractivity contribution in [2.75, 3.05) is 12.8 Å². The van der Waals surface area contributed by atoms with E-state index in [-0.39, 0.29) is 0 Å². The van der Waals surface area contributed by atoms with E-state index < -0.39 is 0 Å². The van der Waals surface area contributed by atoms with E-state index in [4.69, 9.17) is 10.5 Å². The molecule has 100 valence electrons. The van der Waals surface area contributed by atoms with Gasteiger partial charge in [-0.15, -0.1) is 0 Å². The van der Waals surface area contributed by atoms with Crippen molar-refractivity contribution in [3.63, 3.8) is 0 Å². The summed E-state index contributed by atoms with van der Waals surface area (Å²) in [6.07, 6.45) is 5.04. The van der Waals surface area contributed by atoms with Gasteiger partial charge in [0.05, 0.1) is 12.8 Å². The minimum Gasteiger partial charge on any atom is -0.494 e. The van der Waals surface area contributed by atoms with Crippen LogP contribution in [0.2, 0.25) is 0 Å². The fourth-order valence-corrected chi connectivity index (χ4v) is 2.83. The Hall–Kier alpha value is -1.97. The lowest BCUT2D eigenvalue weighted by molar-refractivity contribution is 0.411. The Morgan fingerprint density at radius 1 is 1.26 bits per heavy atom. The summed E-state index contributed by atoms with van der Waals surface area (Å²) in [5.41, 5.74) is 8.12. The molecule has 0 amide bonds. The van der Waals surface area contributed by atoms with Crippen molar-refractivity contribution < 1.29 is 4.74 Å². The SMILES string of the molecule is COc1ccccc1-n1nc(C2CCCC2)cc1N. The Kier molecular flexibility index (Phi) is 3.15. The number of methoxy groups -OCH3 is 1. The van der Waals surface area contributed by atoms with Gasteiger partial charge in [0.2, 0.25) is 0 Å². The van der Waals surface area contributed by atoms with E-state index in [9.17, 15) is 0 Å². The molecule has 0 bridgehead atoms. The quantitative estimate of drug-likeness (QED) is 0.919. The zero-order valence-electron chi connectivity index (χ0n) is 11.2. The van der Waals surface area contributed by atoms with E-state index in [2.05, 4.69) is 5.10 Å². The third-order valence-corrected chi connectivity index (χ3v) is 3.84. The number of ether oxygens (including phenoxy) is 1. The van der Waals surface area contributed by atoms with E-state index in [0.717, 1.165) is 17.1 Å². The van der Waals surface area contributed by atoms with Crippen LogP contribution in [0, 0.1) is 0 Å². The molecule has 0 saturated heterocycles. The maximum atomic E-state index is 6.11. The highest BCUT2D eigenvalue weighted by Crippen LogP contribution is 2.35. The standard InChI is InChI=1S/C15H19N3O/c1-19-14-9-5-4-8-13(14)18-15(16)10-12(17-18)11-6-2-3-7-11/h4-5,8-11H,2-3,6-7,16H2,1H3. The molecular formula is C15H19N3O. The van der Waals surface area contributed by atoms with E-state index >= 15 is 0 Å². The van der Waals surface area contributed by atoms with E-state index in [1.807, 2.05) is 30.3 Å². The number of nitrogen functional groups attached to an aromatic ring is 1. The first-order valence-corrected chi connectivity index (χ1v) is 6.78. The number of anilines is 1. The van der Waals surface area contributed by atoms with Gasteiger partial charge in [-0.05, 0) is 25.0 Å². The van der Waals surface area contributed by atoms with Crippen molar-refractivity contribution in [1.29, 1.82) is 0 Å². The molecule has 1 saturated carbocycles. The highest BCUT2D eigenvalue weighted by molar-refractivity contribution is 5.51. The normalized spacial score (nSPS) is 15.8. The molecule has 1 aliphatic rings. The van der Waals surface area contributed by atoms with Gasteiger partial charge in [0, 0.05) is 12.0 Å². The molecular weight excluding hydrogens is 238 g/mol. The van der Waals surface area contributed by atoms with Gasteiger partial charge >= 0.3 is 0 Å². The van der Waals surface area contributed by atoms with Crippen LogP contribution in [0.1, 0.15) is 37.3 Å². The summed E-state index contributed by atoms with van der Waals surface area (Å²) in [4.78, 5) is 0. The highest BCUT2D eigenvalue weighted by Gasteiger charge is 2.21. The zero-order chi connectivity index (χ0) is 13.2. The lowest BCUT2D eigenvalue weighted by Crippen LogP contribution is -2.04. The second-order valence-electron chi connectivity index (χ2n) is 5.06. The molecule has 0 atom stereocenters. The molecule has 4 heteroatoms. The zero-order valence-corrected chi connectivity index (χ0v) is 11.2. The van der Waals surface area contributed by atoms with Crippen LogP contribution in [-0.2, 0) is 0 Å². The summed E-state index contributed by atoms with van der Waals surface area (Å²) in [5.74, 6) is 2.03. The number of benzene rings is 1. The minimum atomic E-state index is 0.568. The number of nitrogens with two attached hydrogens (primary N) is 1. The average Bonchev–Trinajstić information content (AvgIpc) is 3.07. The van der Waals surface area contributed by atoms with Gasteiger partial charge in [0.25, 0.3) is 0 Å². The fourth-order valence-electron chi connectivity index (χ4n) is 2.83. The molecule has 1 aromatic heterocycles. The first-order chi connectivity index (χ1) is 9.29. The van der Waals surface area contributed by atoms with Crippen molar-refractivity contribution in [3.8, 4) is 11.4 Å². The topological polar surface area (TPSA) is 53.1 Å². The Morgan fingerprint density at radius 2 is 2.00 bits per heavy atom. The predicted molar refractivity (Wildman–Crippen MR) is 75.7 cm³/mol. The molecule has 0 aliphatic heterocycles. The van der Waals surface area contributed by atoms with Crippen molar-refractivity contribution in [3.05, 3.63) is 36.0 Å². The summed E-state index contributed by atoms with van der Waals surface area (Å²) in [6, 6.07) is 9.81. The van der Waals surface area contributed by atoms with Gasteiger partial charge in [0.15, 0.2) is 0 Å². The summed E-state index contributed by atoms with van der Waals surface area (Å²) in [7, 11) is 1.66.